The first-order chi connectivity index (χ1) is 11.2. The Morgan fingerprint density at radius 3 is 2.58 bits per heavy atom. The number of fused-ring (bicyclic) bond motifs is 1. The average Bonchev–Trinajstić information content (AvgIpc) is 2.79. The Kier molecular flexibility index (Phi) is 5.26. The lowest BCUT2D eigenvalue weighted by Gasteiger charge is -2.19. The molecule has 0 bridgehead atoms. The second-order valence-electron chi connectivity index (χ2n) is 6.89. The predicted octanol–water partition coefficient (Wildman–Crippen LogP) is 2.62. The largest absolute Gasteiger partial charge is 0.460 e. The third-order valence-corrected chi connectivity index (χ3v) is 3.61. The van der Waals surface area contributed by atoms with Gasteiger partial charge in [-0.25, -0.2) is 4.98 Å². The van der Waals surface area contributed by atoms with Gasteiger partial charge in [-0.05, 0) is 39.3 Å². The maximum absolute atomic E-state index is 11.9. The third-order valence-electron chi connectivity index (χ3n) is 3.61. The molecule has 1 heterocycles. The van der Waals surface area contributed by atoms with Gasteiger partial charge in [0.15, 0.2) is 0 Å². The van der Waals surface area contributed by atoms with E-state index in [4.69, 9.17) is 4.74 Å². The Morgan fingerprint density at radius 2 is 1.96 bits per heavy atom. The predicted molar refractivity (Wildman–Crippen MR) is 92.4 cm³/mol. The van der Waals surface area contributed by atoms with Crippen LogP contribution in [0, 0.1) is 6.92 Å². The van der Waals surface area contributed by atoms with Gasteiger partial charge >= 0.3 is 5.97 Å². The van der Waals surface area contributed by atoms with E-state index in [1.165, 1.54) is 0 Å². The first-order valence-electron chi connectivity index (χ1n) is 8.07. The summed E-state index contributed by atoms with van der Waals surface area (Å²) in [7, 11) is 1.94. The molecule has 1 N–H and O–H groups in total. The van der Waals surface area contributed by atoms with Crippen molar-refractivity contribution in [3.05, 3.63) is 29.6 Å². The molecule has 0 saturated heterocycles. The topological polar surface area (TPSA) is 73.2 Å². The highest BCUT2D eigenvalue weighted by Gasteiger charge is 2.17. The van der Waals surface area contributed by atoms with Gasteiger partial charge in [0.2, 0.25) is 5.91 Å². The van der Waals surface area contributed by atoms with Crippen molar-refractivity contribution < 1.29 is 14.3 Å². The number of aromatic nitrogens is 2. The van der Waals surface area contributed by atoms with E-state index in [0.29, 0.717) is 6.54 Å². The van der Waals surface area contributed by atoms with Crippen LogP contribution in [0.15, 0.2) is 18.2 Å². The lowest BCUT2D eigenvalue weighted by atomic mass is 10.2. The second kappa shape index (κ2) is 7.03. The zero-order chi connectivity index (χ0) is 17.9. The first kappa shape index (κ1) is 18.0. The molecule has 0 aliphatic heterocycles. The normalized spacial score (nSPS) is 11.5. The highest BCUT2D eigenvalue weighted by Crippen LogP contribution is 2.18. The van der Waals surface area contributed by atoms with Crippen LogP contribution in [-0.4, -0.2) is 27.0 Å². The van der Waals surface area contributed by atoms with Crippen LogP contribution < -0.4 is 5.32 Å². The highest BCUT2D eigenvalue weighted by molar-refractivity contribution is 5.82. The molecule has 130 valence electrons. The number of imidazole rings is 1. The minimum Gasteiger partial charge on any atom is -0.460 e. The molecule has 0 radical (unpaired) electrons. The smallest absolute Gasteiger partial charge is 0.306 e. The molecule has 24 heavy (non-hydrogen) atoms. The fourth-order valence-corrected chi connectivity index (χ4v) is 2.55. The zero-order valence-electron chi connectivity index (χ0n) is 15.0. The van der Waals surface area contributed by atoms with Gasteiger partial charge in [-0.3, -0.25) is 9.59 Å². The number of carbonyl (C=O) groups is 2. The van der Waals surface area contributed by atoms with Gasteiger partial charge in [0.05, 0.1) is 24.0 Å². The number of nitrogens with zero attached hydrogens (tertiary/aromatic N) is 2. The first-order valence-corrected chi connectivity index (χ1v) is 8.07. The Hall–Kier alpha value is -2.37. The van der Waals surface area contributed by atoms with E-state index >= 15 is 0 Å². The van der Waals surface area contributed by atoms with Crippen LogP contribution in [0.1, 0.15) is 45.0 Å². The quantitative estimate of drug-likeness (QED) is 0.855. The van der Waals surface area contributed by atoms with E-state index in [1.807, 2.05) is 36.7 Å². The van der Waals surface area contributed by atoms with Crippen molar-refractivity contribution in [1.82, 2.24) is 14.9 Å². The number of hydrogen-bond donors (Lipinski definition) is 1. The van der Waals surface area contributed by atoms with Gasteiger partial charge in [0.1, 0.15) is 11.4 Å². The Morgan fingerprint density at radius 1 is 1.25 bits per heavy atom. The van der Waals surface area contributed by atoms with Crippen LogP contribution in [0.2, 0.25) is 0 Å². The van der Waals surface area contributed by atoms with Crippen LogP contribution in [-0.2, 0) is 27.9 Å². The molecule has 0 aliphatic carbocycles. The van der Waals surface area contributed by atoms with Gasteiger partial charge in [0, 0.05) is 13.5 Å². The number of aryl methyl sites for hydroxylation is 2. The van der Waals surface area contributed by atoms with Gasteiger partial charge in [-0.15, -0.1) is 0 Å². The lowest BCUT2D eigenvalue weighted by molar-refractivity contribution is -0.155. The number of para-hydroxylation sites is 1. The zero-order valence-corrected chi connectivity index (χ0v) is 15.0. The summed E-state index contributed by atoms with van der Waals surface area (Å²) in [5, 5.41) is 2.81. The summed E-state index contributed by atoms with van der Waals surface area (Å²) in [6, 6.07) is 5.96. The highest BCUT2D eigenvalue weighted by atomic mass is 16.6. The molecule has 2 aromatic rings. The van der Waals surface area contributed by atoms with E-state index < -0.39 is 5.60 Å². The number of nitrogens with one attached hydrogen (secondary N) is 1. The average molecular weight is 331 g/mol. The van der Waals surface area contributed by atoms with Crippen molar-refractivity contribution in [2.24, 2.45) is 7.05 Å². The fraction of sp³-hybridized carbons (Fsp3) is 0.500. The van der Waals surface area contributed by atoms with Gasteiger partial charge in [-0.1, -0.05) is 12.1 Å². The van der Waals surface area contributed by atoms with E-state index in [2.05, 4.69) is 10.3 Å². The summed E-state index contributed by atoms with van der Waals surface area (Å²) in [5.74, 6) is 0.227. The molecule has 0 atom stereocenters. The number of rotatable bonds is 5. The van der Waals surface area contributed by atoms with Crippen LogP contribution in [0.3, 0.4) is 0 Å². The minimum atomic E-state index is -0.529. The van der Waals surface area contributed by atoms with Crippen LogP contribution in [0.25, 0.3) is 11.0 Å². The van der Waals surface area contributed by atoms with Crippen LogP contribution >= 0.6 is 0 Å². The van der Waals surface area contributed by atoms with Crippen molar-refractivity contribution in [3.63, 3.8) is 0 Å². The van der Waals surface area contributed by atoms with E-state index in [0.717, 1.165) is 22.4 Å². The lowest BCUT2D eigenvalue weighted by Crippen LogP contribution is -2.27. The van der Waals surface area contributed by atoms with Gasteiger partial charge < -0.3 is 14.6 Å². The fourth-order valence-electron chi connectivity index (χ4n) is 2.55. The van der Waals surface area contributed by atoms with E-state index in [1.54, 1.807) is 20.8 Å². The van der Waals surface area contributed by atoms with Gasteiger partial charge in [-0.2, -0.15) is 0 Å². The van der Waals surface area contributed by atoms with Crippen molar-refractivity contribution in [1.29, 1.82) is 0 Å². The maximum atomic E-state index is 11.9. The molecule has 6 nitrogen and oxygen atoms in total. The SMILES string of the molecule is Cc1cccc2nc(CNC(=O)CCC(=O)OC(C)(C)C)n(C)c12. The number of amides is 1. The van der Waals surface area contributed by atoms with Crippen molar-refractivity contribution >= 4 is 22.9 Å². The molecule has 1 amide bonds. The number of benzene rings is 1. The summed E-state index contributed by atoms with van der Waals surface area (Å²) in [4.78, 5) is 28.1. The monoisotopic (exact) mass is 331 g/mol. The number of ether oxygens (including phenoxy) is 1. The Bertz CT molecular complexity index is 757. The molecular weight excluding hydrogens is 306 g/mol. The summed E-state index contributed by atoms with van der Waals surface area (Å²) in [6.07, 6.45) is 0.183. The van der Waals surface area contributed by atoms with E-state index in [-0.39, 0.29) is 24.7 Å². The third kappa shape index (κ3) is 4.57. The van der Waals surface area contributed by atoms with Crippen molar-refractivity contribution in [2.75, 3.05) is 0 Å². The molecule has 0 unspecified atom stereocenters. The molecule has 1 aromatic carbocycles. The Labute approximate surface area is 142 Å². The van der Waals surface area contributed by atoms with Crippen LogP contribution in [0.5, 0.6) is 0 Å². The molecular formula is C18H25N3O3. The number of esters is 1. The molecule has 0 saturated carbocycles. The number of carbonyl (C=O) groups excluding carboxylic acids is 2. The standard InChI is InChI=1S/C18H25N3O3/c1-12-7-6-8-13-17(12)21(5)14(20-13)11-19-15(22)9-10-16(23)24-18(2,3)4/h6-8H,9-11H2,1-5H3,(H,19,22). The molecule has 0 fully saturated rings. The molecule has 0 aliphatic rings. The van der Waals surface area contributed by atoms with Crippen molar-refractivity contribution in [2.45, 2.75) is 52.7 Å². The maximum Gasteiger partial charge on any atom is 0.306 e. The summed E-state index contributed by atoms with van der Waals surface area (Å²) in [5.41, 5.74) is 2.59. The summed E-state index contributed by atoms with van der Waals surface area (Å²) >= 11 is 0. The summed E-state index contributed by atoms with van der Waals surface area (Å²) in [6.45, 7) is 7.78. The molecule has 6 heteroatoms. The van der Waals surface area contributed by atoms with Crippen molar-refractivity contribution in [3.8, 4) is 0 Å². The van der Waals surface area contributed by atoms with Crippen LogP contribution in [0.4, 0.5) is 0 Å². The molecule has 2 rings (SSSR count). The number of hydrogen-bond acceptors (Lipinski definition) is 4. The van der Waals surface area contributed by atoms with Gasteiger partial charge in [0.25, 0.3) is 0 Å². The summed E-state index contributed by atoms with van der Waals surface area (Å²) < 4.78 is 7.17. The minimum absolute atomic E-state index is 0.0742. The molecule has 0 spiro atoms. The van der Waals surface area contributed by atoms with E-state index in [9.17, 15) is 9.59 Å². The second-order valence-corrected chi connectivity index (χ2v) is 6.89. The Balaban J connectivity index is 1.90. The molecule has 1 aromatic heterocycles.